The number of aliphatic hydroxyl groups is 1. The van der Waals surface area contributed by atoms with Gasteiger partial charge in [-0.25, -0.2) is 9.97 Å². The van der Waals surface area contributed by atoms with E-state index in [2.05, 4.69) is 15.3 Å². The van der Waals surface area contributed by atoms with Gasteiger partial charge in [0.15, 0.2) is 5.01 Å². The van der Waals surface area contributed by atoms with Crippen LogP contribution in [-0.4, -0.2) is 79.7 Å². The van der Waals surface area contributed by atoms with Crippen molar-refractivity contribution in [1.29, 1.82) is 0 Å². The summed E-state index contributed by atoms with van der Waals surface area (Å²) >= 11 is 1.07. The molecule has 0 aromatic carbocycles. The van der Waals surface area contributed by atoms with Crippen LogP contribution in [0.15, 0.2) is 12.3 Å². The highest BCUT2D eigenvalue weighted by Crippen LogP contribution is 2.41. The molecular formula is C24H28F3N5O3S. The van der Waals surface area contributed by atoms with Crippen LogP contribution in [0.25, 0.3) is 10.4 Å². The molecule has 36 heavy (non-hydrogen) atoms. The molecule has 2 N–H and O–H groups in total. The first-order chi connectivity index (χ1) is 16.8. The average Bonchev–Trinajstić information content (AvgIpc) is 3.50. The third-order valence-corrected chi connectivity index (χ3v) is 8.34. The quantitative estimate of drug-likeness (QED) is 0.618. The fraction of sp³-hybridized carbons (Fsp3) is 0.583. The maximum Gasteiger partial charge on any atom is 0.408 e. The Hall–Kier alpha value is -2.73. The molecule has 3 fully saturated rings. The number of fused-ring (bicyclic) bond motifs is 2. The first-order valence-corrected chi connectivity index (χ1v) is 12.8. The molecule has 2 bridgehead atoms. The summed E-state index contributed by atoms with van der Waals surface area (Å²) < 4.78 is 38.9. The molecule has 2 amide bonds. The maximum absolute atomic E-state index is 13.7. The number of aromatic nitrogens is 2. The van der Waals surface area contributed by atoms with E-state index < -0.39 is 17.8 Å². The highest BCUT2D eigenvalue weighted by Gasteiger charge is 2.45. The van der Waals surface area contributed by atoms with Crippen LogP contribution in [0, 0.1) is 6.92 Å². The lowest BCUT2D eigenvalue weighted by atomic mass is 9.97. The summed E-state index contributed by atoms with van der Waals surface area (Å²) in [4.78, 5) is 39.2. The van der Waals surface area contributed by atoms with Gasteiger partial charge in [-0.05, 0) is 58.1 Å². The average molecular weight is 524 g/mol. The highest BCUT2D eigenvalue weighted by atomic mass is 32.1. The van der Waals surface area contributed by atoms with Crippen molar-refractivity contribution in [1.82, 2.24) is 19.8 Å². The van der Waals surface area contributed by atoms with Gasteiger partial charge < -0.3 is 20.2 Å². The Balaban J connectivity index is 1.49. The fourth-order valence-electron chi connectivity index (χ4n) is 5.34. The molecule has 3 aliphatic rings. The first kappa shape index (κ1) is 24.9. The van der Waals surface area contributed by atoms with Gasteiger partial charge in [-0.3, -0.25) is 9.59 Å². The number of β-amino-alcohol motifs (C(OH)–C–C–N with tert-alkyl or cyclic N) is 1. The normalized spacial score (nSPS) is 23.5. The number of hydrogen-bond acceptors (Lipinski definition) is 7. The molecule has 0 saturated carbocycles. The number of anilines is 1. The van der Waals surface area contributed by atoms with E-state index in [1.807, 2.05) is 4.90 Å². The summed E-state index contributed by atoms with van der Waals surface area (Å²) in [6.45, 7) is 4.74. The van der Waals surface area contributed by atoms with Crippen molar-refractivity contribution in [2.75, 3.05) is 18.4 Å². The van der Waals surface area contributed by atoms with E-state index in [1.54, 1.807) is 13.8 Å². The van der Waals surface area contributed by atoms with Gasteiger partial charge in [-0.15, -0.1) is 11.3 Å². The van der Waals surface area contributed by atoms with E-state index in [4.69, 9.17) is 0 Å². The zero-order valence-electron chi connectivity index (χ0n) is 20.2. The molecule has 2 aromatic rings. The van der Waals surface area contributed by atoms with E-state index >= 15 is 0 Å². The summed E-state index contributed by atoms with van der Waals surface area (Å²) in [7, 11) is 0. The lowest BCUT2D eigenvalue weighted by Crippen LogP contribution is -2.61. The number of aryl methyl sites for hydroxylation is 1. The first-order valence-electron chi connectivity index (χ1n) is 12.0. The van der Waals surface area contributed by atoms with Gasteiger partial charge in [0, 0.05) is 23.8 Å². The Morgan fingerprint density at radius 3 is 2.33 bits per heavy atom. The number of nitrogens with one attached hydrogen (secondary N) is 1. The number of nitrogens with zero attached hydrogens (tertiary/aromatic N) is 4. The third kappa shape index (κ3) is 4.45. The number of amides is 2. The van der Waals surface area contributed by atoms with Crippen LogP contribution in [-0.2, 0) is 0 Å². The SMILES string of the molecule is Cc1cc(N[C@@H](C)C(F)(F)F)ncc1-c1sc(C(=O)N2CC(C)(O)C2)nc1C(=O)N1C2CCC1CC2. The van der Waals surface area contributed by atoms with Gasteiger partial charge in [0.1, 0.15) is 17.6 Å². The molecular weight excluding hydrogens is 495 g/mol. The third-order valence-electron chi connectivity index (χ3n) is 7.26. The lowest BCUT2D eigenvalue weighted by Gasteiger charge is -2.43. The Labute approximate surface area is 210 Å². The van der Waals surface area contributed by atoms with Crippen molar-refractivity contribution in [2.24, 2.45) is 0 Å². The molecule has 3 aliphatic heterocycles. The Kier molecular flexibility index (Phi) is 6.02. The van der Waals surface area contributed by atoms with Crippen molar-refractivity contribution in [2.45, 2.75) is 76.4 Å². The van der Waals surface area contributed by atoms with Gasteiger partial charge in [0.05, 0.1) is 23.6 Å². The van der Waals surface area contributed by atoms with Gasteiger partial charge >= 0.3 is 6.18 Å². The minimum Gasteiger partial charge on any atom is -0.386 e. The van der Waals surface area contributed by atoms with Gasteiger partial charge in [0.2, 0.25) is 0 Å². The Morgan fingerprint density at radius 1 is 1.19 bits per heavy atom. The number of alkyl halides is 3. The second-order valence-corrected chi connectivity index (χ2v) is 11.3. The molecule has 8 nitrogen and oxygen atoms in total. The van der Waals surface area contributed by atoms with Crippen LogP contribution in [0.1, 0.15) is 65.4 Å². The number of rotatable bonds is 5. The number of likely N-dealkylation sites (tertiary alicyclic amines) is 1. The van der Waals surface area contributed by atoms with Crippen LogP contribution in [0.4, 0.5) is 19.0 Å². The molecule has 12 heteroatoms. The predicted molar refractivity (Wildman–Crippen MR) is 128 cm³/mol. The molecule has 0 spiro atoms. The van der Waals surface area contributed by atoms with Crippen LogP contribution >= 0.6 is 11.3 Å². The molecule has 0 aliphatic carbocycles. The zero-order chi connectivity index (χ0) is 26.0. The Morgan fingerprint density at radius 2 is 1.81 bits per heavy atom. The molecule has 0 radical (unpaired) electrons. The summed E-state index contributed by atoms with van der Waals surface area (Å²) in [5, 5.41) is 12.5. The standard InChI is InChI=1S/C24H28F3N5O3S/c1-12-8-17(29-13(2)24(25,26)27)28-9-16(12)19-18(21(33)32-14-4-5-15(32)7-6-14)30-20(36-19)22(34)31-10-23(3,35)11-31/h8-9,13-15,35H,4-7,10-11H2,1-3H3,(H,28,29)/t13-,14?,15?/m0/s1. The summed E-state index contributed by atoms with van der Waals surface area (Å²) in [5.74, 6) is -0.525. The van der Waals surface area contributed by atoms with E-state index in [9.17, 15) is 27.9 Å². The molecule has 2 aromatic heterocycles. The topological polar surface area (TPSA) is 98.7 Å². The van der Waals surface area contributed by atoms with Crippen LogP contribution in [0.2, 0.25) is 0 Å². The summed E-state index contributed by atoms with van der Waals surface area (Å²) in [6.07, 6.45) is 0.793. The van der Waals surface area contributed by atoms with Crippen LogP contribution in [0.3, 0.4) is 0 Å². The van der Waals surface area contributed by atoms with Gasteiger partial charge in [0.25, 0.3) is 11.8 Å². The van der Waals surface area contributed by atoms with E-state index in [-0.39, 0.29) is 53.5 Å². The van der Waals surface area contributed by atoms with Crippen molar-refractivity contribution in [3.8, 4) is 10.4 Å². The smallest absolute Gasteiger partial charge is 0.386 e. The maximum atomic E-state index is 13.7. The largest absolute Gasteiger partial charge is 0.408 e. The van der Waals surface area contributed by atoms with Crippen molar-refractivity contribution < 1.29 is 27.9 Å². The number of halogens is 3. The van der Waals surface area contributed by atoms with Crippen molar-refractivity contribution in [3.63, 3.8) is 0 Å². The van der Waals surface area contributed by atoms with Crippen LogP contribution < -0.4 is 5.32 Å². The lowest BCUT2D eigenvalue weighted by molar-refractivity contribution is -0.138. The van der Waals surface area contributed by atoms with Crippen molar-refractivity contribution in [3.05, 3.63) is 28.5 Å². The number of carbonyl (C=O) groups is 2. The molecule has 3 saturated heterocycles. The summed E-state index contributed by atoms with van der Waals surface area (Å²) in [6, 6.07) is 0.0474. The molecule has 5 heterocycles. The fourth-order valence-corrected chi connectivity index (χ4v) is 6.44. The molecule has 194 valence electrons. The van der Waals surface area contributed by atoms with Gasteiger partial charge in [-0.2, -0.15) is 13.2 Å². The number of pyridine rings is 1. The molecule has 1 atom stereocenters. The van der Waals surface area contributed by atoms with Gasteiger partial charge in [-0.1, -0.05) is 0 Å². The van der Waals surface area contributed by atoms with E-state index in [0.717, 1.165) is 43.9 Å². The zero-order valence-corrected chi connectivity index (χ0v) is 21.0. The molecule has 0 unspecified atom stereocenters. The number of carbonyl (C=O) groups excluding carboxylic acids is 2. The monoisotopic (exact) mass is 523 g/mol. The number of hydrogen-bond donors (Lipinski definition) is 2. The summed E-state index contributed by atoms with van der Waals surface area (Å²) in [5.41, 5.74) is 0.376. The van der Waals surface area contributed by atoms with E-state index in [1.165, 1.54) is 17.2 Å². The minimum absolute atomic E-state index is 0.0650. The highest BCUT2D eigenvalue weighted by molar-refractivity contribution is 7.17. The van der Waals surface area contributed by atoms with Crippen LogP contribution in [0.5, 0.6) is 0 Å². The van der Waals surface area contributed by atoms with Crippen molar-refractivity contribution >= 4 is 29.0 Å². The number of thiazole rings is 1. The predicted octanol–water partition coefficient (Wildman–Crippen LogP) is 3.85. The second-order valence-electron chi connectivity index (χ2n) is 10.3. The second kappa shape index (κ2) is 8.69. The molecule has 5 rings (SSSR count). The Bertz CT molecular complexity index is 1190. The minimum atomic E-state index is -4.42. The van der Waals surface area contributed by atoms with E-state index in [0.29, 0.717) is 16.0 Å².